The Bertz CT molecular complexity index is 664. The molecule has 0 saturated carbocycles. The van der Waals surface area contributed by atoms with E-state index < -0.39 is 0 Å². The molecule has 0 N–H and O–H groups in total. The molecule has 0 spiro atoms. The molecule has 0 amide bonds. The first-order valence-corrected chi connectivity index (χ1v) is 5.42. The van der Waals surface area contributed by atoms with Gasteiger partial charge in [0.2, 0.25) is 0 Å². The van der Waals surface area contributed by atoms with Crippen molar-refractivity contribution in [2.45, 2.75) is 0 Å². The van der Waals surface area contributed by atoms with Crippen LogP contribution in [0.5, 0.6) is 5.75 Å². The summed E-state index contributed by atoms with van der Waals surface area (Å²) in [5, 5.41) is 8.79. The number of pyridine rings is 1. The van der Waals surface area contributed by atoms with Crippen molar-refractivity contribution in [1.82, 2.24) is 4.57 Å². The molecule has 2 rings (SSSR count). The number of benzene rings is 1. The van der Waals surface area contributed by atoms with E-state index in [0.717, 1.165) is 17.0 Å². The van der Waals surface area contributed by atoms with Gasteiger partial charge in [-0.25, -0.2) is 0 Å². The van der Waals surface area contributed by atoms with E-state index in [2.05, 4.69) is 0 Å². The first-order chi connectivity index (χ1) is 8.67. The van der Waals surface area contributed by atoms with Gasteiger partial charge in [0, 0.05) is 7.05 Å². The molecular weight excluding hydrogens is 228 g/mol. The average molecular weight is 240 g/mol. The van der Waals surface area contributed by atoms with Crippen LogP contribution in [0.2, 0.25) is 0 Å². The van der Waals surface area contributed by atoms with E-state index in [1.807, 2.05) is 30.3 Å². The van der Waals surface area contributed by atoms with Gasteiger partial charge in [-0.2, -0.15) is 5.26 Å². The number of nitrogens with zero attached hydrogens (tertiary/aromatic N) is 2. The van der Waals surface area contributed by atoms with Crippen LogP contribution in [0, 0.1) is 11.3 Å². The summed E-state index contributed by atoms with van der Waals surface area (Å²) < 4.78 is 6.56. The lowest BCUT2D eigenvalue weighted by molar-refractivity contribution is 0.415. The summed E-state index contributed by atoms with van der Waals surface area (Å²) in [6.07, 6.45) is 0. The minimum Gasteiger partial charge on any atom is -0.497 e. The van der Waals surface area contributed by atoms with Crippen molar-refractivity contribution in [1.29, 1.82) is 5.26 Å². The molecule has 1 heterocycles. The van der Waals surface area contributed by atoms with E-state index in [1.165, 1.54) is 4.57 Å². The van der Waals surface area contributed by atoms with Crippen LogP contribution >= 0.6 is 0 Å². The lowest BCUT2D eigenvalue weighted by atomic mass is 10.1. The minimum atomic E-state index is -0.286. The number of nitriles is 1. The fourth-order valence-corrected chi connectivity index (χ4v) is 1.77. The van der Waals surface area contributed by atoms with Crippen LogP contribution in [-0.2, 0) is 7.05 Å². The third-order valence-corrected chi connectivity index (χ3v) is 2.81. The van der Waals surface area contributed by atoms with Gasteiger partial charge in [0.05, 0.1) is 12.8 Å². The minimum absolute atomic E-state index is 0.148. The summed E-state index contributed by atoms with van der Waals surface area (Å²) in [5.41, 5.74) is 1.53. The van der Waals surface area contributed by atoms with E-state index in [4.69, 9.17) is 10.00 Å². The van der Waals surface area contributed by atoms with Gasteiger partial charge in [-0.05, 0) is 42.0 Å². The molecule has 0 radical (unpaired) electrons. The zero-order chi connectivity index (χ0) is 13.1. The van der Waals surface area contributed by atoms with E-state index in [9.17, 15) is 4.79 Å². The largest absolute Gasteiger partial charge is 0.497 e. The zero-order valence-corrected chi connectivity index (χ0v) is 10.2. The Morgan fingerprint density at radius 1 is 1.17 bits per heavy atom. The molecule has 0 fully saturated rings. The Balaban J connectivity index is 2.55. The molecule has 90 valence electrons. The van der Waals surface area contributed by atoms with Crippen molar-refractivity contribution in [3.05, 3.63) is 52.3 Å². The second kappa shape index (κ2) is 4.76. The Morgan fingerprint density at radius 3 is 2.39 bits per heavy atom. The molecule has 0 unspecified atom stereocenters. The highest BCUT2D eigenvalue weighted by atomic mass is 16.5. The van der Waals surface area contributed by atoms with Crippen molar-refractivity contribution < 1.29 is 4.74 Å². The van der Waals surface area contributed by atoms with Gasteiger partial charge >= 0.3 is 0 Å². The van der Waals surface area contributed by atoms with E-state index in [0.29, 0.717) is 0 Å². The molecule has 4 heteroatoms. The normalized spacial score (nSPS) is 9.83. The van der Waals surface area contributed by atoms with Gasteiger partial charge in [0.1, 0.15) is 17.4 Å². The van der Waals surface area contributed by atoms with E-state index in [-0.39, 0.29) is 11.1 Å². The average Bonchev–Trinajstić information content (AvgIpc) is 2.42. The molecule has 1 aromatic carbocycles. The van der Waals surface area contributed by atoms with Gasteiger partial charge in [0.25, 0.3) is 5.56 Å². The summed E-state index contributed by atoms with van der Waals surface area (Å²) in [6, 6.07) is 12.6. The third-order valence-electron chi connectivity index (χ3n) is 2.81. The molecule has 1 aromatic heterocycles. The van der Waals surface area contributed by atoms with Gasteiger partial charge in [-0.3, -0.25) is 4.79 Å². The molecule has 18 heavy (non-hydrogen) atoms. The maximum Gasteiger partial charge on any atom is 0.268 e. The topological polar surface area (TPSA) is 55.0 Å². The quantitative estimate of drug-likeness (QED) is 0.806. The molecule has 2 aromatic rings. The Morgan fingerprint density at radius 2 is 1.83 bits per heavy atom. The summed E-state index contributed by atoms with van der Waals surface area (Å²) in [6.45, 7) is 0. The summed E-state index contributed by atoms with van der Waals surface area (Å²) >= 11 is 0. The van der Waals surface area contributed by atoms with Gasteiger partial charge in [-0.15, -0.1) is 0 Å². The number of methoxy groups -OCH3 is 1. The van der Waals surface area contributed by atoms with Crippen LogP contribution in [0.1, 0.15) is 5.56 Å². The Hall–Kier alpha value is -2.54. The Labute approximate surface area is 105 Å². The monoisotopic (exact) mass is 240 g/mol. The van der Waals surface area contributed by atoms with Crippen LogP contribution in [0.4, 0.5) is 0 Å². The van der Waals surface area contributed by atoms with Crippen molar-refractivity contribution >= 4 is 0 Å². The first kappa shape index (κ1) is 11.9. The standard InChI is InChI=1S/C14H12N2O2/c1-16-13(8-5-11(9-15)14(16)17)10-3-6-12(18-2)7-4-10/h3-8H,1-2H3. The maximum absolute atomic E-state index is 11.8. The van der Waals surface area contributed by atoms with Gasteiger partial charge in [-0.1, -0.05) is 0 Å². The summed E-state index contributed by atoms with van der Waals surface area (Å²) in [4.78, 5) is 11.8. The number of hydrogen-bond donors (Lipinski definition) is 0. The predicted octanol–water partition coefficient (Wildman–Crippen LogP) is 1.93. The lowest BCUT2D eigenvalue weighted by Crippen LogP contribution is -2.20. The van der Waals surface area contributed by atoms with Gasteiger partial charge in [0.15, 0.2) is 0 Å². The smallest absolute Gasteiger partial charge is 0.268 e. The summed E-state index contributed by atoms with van der Waals surface area (Å²) in [5.74, 6) is 0.761. The lowest BCUT2D eigenvalue weighted by Gasteiger charge is -2.09. The molecule has 0 saturated heterocycles. The van der Waals surface area contributed by atoms with Gasteiger partial charge < -0.3 is 9.30 Å². The number of hydrogen-bond acceptors (Lipinski definition) is 3. The van der Waals surface area contributed by atoms with Crippen molar-refractivity contribution in [2.24, 2.45) is 7.05 Å². The van der Waals surface area contributed by atoms with Crippen molar-refractivity contribution in [2.75, 3.05) is 7.11 Å². The van der Waals surface area contributed by atoms with Crippen LogP contribution < -0.4 is 10.3 Å². The molecular formula is C14H12N2O2. The van der Waals surface area contributed by atoms with E-state index in [1.54, 1.807) is 26.3 Å². The van der Waals surface area contributed by atoms with Crippen LogP contribution in [0.25, 0.3) is 11.3 Å². The Kier molecular flexibility index (Phi) is 3.16. The molecule has 0 bridgehead atoms. The molecule has 0 aliphatic heterocycles. The highest BCUT2D eigenvalue weighted by Crippen LogP contribution is 2.20. The van der Waals surface area contributed by atoms with Crippen molar-refractivity contribution in [3.8, 4) is 23.1 Å². The molecule has 0 aliphatic carbocycles. The molecule has 0 aliphatic rings. The highest BCUT2D eigenvalue weighted by molar-refractivity contribution is 5.61. The molecule has 4 nitrogen and oxygen atoms in total. The SMILES string of the molecule is COc1ccc(-c2ccc(C#N)c(=O)n2C)cc1. The number of aromatic nitrogens is 1. The highest BCUT2D eigenvalue weighted by Gasteiger charge is 2.07. The first-order valence-electron chi connectivity index (χ1n) is 5.42. The number of rotatable bonds is 2. The second-order valence-corrected chi connectivity index (χ2v) is 3.84. The van der Waals surface area contributed by atoms with Crippen LogP contribution in [-0.4, -0.2) is 11.7 Å². The predicted molar refractivity (Wildman–Crippen MR) is 68.4 cm³/mol. The zero-order valence-electron chi connectivity index (χ0n) is 10.2. The van der Waals surface area contributed by atoms with Crippen molar-refractivity contribution in [3.63, 3.8) is 0 Å². The second-order valence-electron chi connectivity index (χ2n) is 3.84. The summed E-state index contributed by atoms with van der Waals surface area (Å²) in [7, 11) is 3.26. The van der Waals surface area contributed by atoms with E-state index >= 15 is 0 Å². The third kappa shape index (κ3) is 1.98. The van der Waals surface area contributed by atoms with Crippen LogP contribution in [0.15, 0.2) is 41.2 Å². The van der Waals surface area contributed by atoms with Crippen LogP contribution in [0.3, 0.4) is 0 Å². The fourth-order valence-electron chi connectivity index (χ4n) is 1.77. The number of ether oxygens (including phenoxy) is 1. The fraction of sp³-hybridized carbons (Fsp3) is 0.143. The molecule has 0 atom stereocenters. The maximum atomic E-state index is 11.8.